The molecule has 0 aromatic heterocycles. The van der Waals surface area contributed by atoms with Crippen molar-refractivity contribution in [2.24, 2.45) is 0 Å². The molecule has 0 spiro atoms. The van der Waals surface area contributed by atoms with Gasteiger partial charge in [0.25, 0.3) is 0 Å². The number of aromatic carboxylic acids is 1. The number of hydrogen-bond acceptors (Lipinski definition) is 3. The predicted octanol–water partition coefficient (Wildman–Crippen LogP) is 1.93. The zero-order chi connectivity index (χ0) is 11.8. The third-order valence-electron chi connectivity index (χ3n) is 2.18. The molecule has 0 aliphatic rings. The van der Waals surface area contributed by atoms with Crippen LogP contribution >= 0.6 is 0 Å². The largest absolute Gasteiger partial charge is 0.493 e. The molecule has 0 radical (unpaired) electrons. The summed E-state index contributed by atoms with van der Waals surface area (Å²) in [5.74, 6) is -0.579. The van der Waals surface area contributed by atoms with Gasteiger partial charge in [0.1, 0.15) is 11.3 Å². The average molecular weight is 224 g/mol. The molecule has 16 heavy (non-hydrogen) atoms. The van der Waals surface area contributed by atoms with Crippen molar-refractivity contribution in [1.29, 1.82) is 0 Å². The summed E-state index contributed by atoms with van der Waals surface area (Å²) >= 11 is 0. The molecule has 0 bridgehead atoms. The molecule has 4 heteroatoms. The minimum Gasteiger partial charge on any atom is -0.493 e. The molecule has 0 fully saturated rings. The lowest BCUT2D eigenvalue weighted by Gasteiger charge is -2.08. The number of ether oxygens (including phenoxy) is 1. The summed E-state index contributed by atoms with van der Waals surface area (Å²) in [7, 11) is 0. The quantitative estimate of drug-likeness (QED) is 0.694. The van der Waals surface area contributed by atoms with Gasteiger partial charge in [-0.25, -0.2) is 4.79 Å². The lowest BCUT2D eigenvalue weighted by molar-refractivity contribution is 0.0692. The molecule has 0 atom stereocenters. The molecule has 4 nitrogen and oxygen atoms in total. The Hall–Kier alpha value is -1.55. The average Bonchev–Trinajstić information content (AvgIpc) is 2.29. The van der Waals surface area contributed by atoms with Gasteiger partial charge >= 0.3 is 5.97 Å². The maximum absolute atomic E-state index is 10.8. The zero-order valence-electron chi connectivity index (χ0n) is 9.06. The second-order valence-corrected chi connectivity index (χ2v) is 3.43. The first-order valence-corrected chi connectivity index (χ1v) is 5.31. The number of rotatable bonds is 7. The molecule has 0 heterocycles. The molecule has 1 aromatic carbocycles. The summed E-state index contributed by atoms with van der Waals surface area (Å²) in [5.41, 5.74) is 0.185. The normalized spacial score (nSPS) is 10.1. The van der Waals surface area contributed by atoms with Crippen LogP contribution in [-0.4, -0.2) is 29.4 Å². The van der Waals surface area contributed by atoms with Gasteiger partial charge in [-0.2, -0.15) is 0 Å². The van der Waals surface area contributed by atoms with E-state index in [0.717, 1.165) is 19.3 Å². The number of carboxylic acid groups (broad SMARTS) is 1. The first-order chi connectivity index (χ1) is 7.75. The number of carbonyl (C=O) groups is 1. The van der Waals surface area contributed by atoms with E-state index >= 15 is 0 Å². The Morgan fingerprint density at radius 3 is 2.62 bits per heavy atom. The van der Waals surface area contributed by atoms with Crippen LogP contribution in [0.25, 0.3) is 0 Å². The van der Waals surface area contributed by atoms with Crippen molar-refractivity contribution >= 4 is 5.97 Å². The van der Waals surface area contributed by atoms with Crippen molar-refractivity contribution in [2.75, 3.05) is 13.2 Å². The van der Waals surface area contributed by atoms with E-state index in [1.807, 2.05) is 0 Å². The summed E-state index contributed by atoms with van der Waals surface area (Å²) in [4.78, 5) is 10.8. The van der Waals surface area contributed by atoms with Gasteiger partial charge in [0.05, 0.1) is 6.61 Å². The van der Waals surface area contributed by atoms with E-state index in [-0.39, 0.29) is 12.2 Å². The fourth-order valence-electron chi connectivity index (χ4n) is 1.34. The lowest BCUT2D eigenvalue weighted by Crippen LogP contribution is -2.04. The van der Waals surface area contributed by atoms with Crippen LogP contribution in [0.15, 0.2) is 24.3 Å². The van der Waals surface area contributed by atoms with Crippen LogP contribution in [0.5, 0.6) is 5.75 Å². The van der Waals surface area contributed by atoms with Crippen LogP contribution in [0.2, 0.25) is 0 Å². The van der Waals surface area contributed by atoms with Gasteiger partial charge in [-0.3, -0.25) is 0 Å². The maximum Gasteiger partial charge on any atom is 0.339 e. The van der Waals surface area contributed by atoms with E-state index < -0.39 is 5.97 Å². The summed E-state index contributed by atoms with van der Waals surface area (Å²) in [5, 5.41) is 17.5. The van der Waals surface area contributed by atoms with Gasteiger partial charge in [-0.05, 0) is 31.4 Å². The van der Waals surface area contributed by atoms with Gasteiger partial charge in [0.15, 0.2) is 0 Å². The smallest absolute Gasteiger partial charge is 0.339 e. The zero-order valence-corrected chi connectivity index (χ0v) is 9.06. The first kappa shape index (κ1) is 12.5. The molecular weight excluding hydrogens is 208 g/mol. The number of para-hydroxylation sites is 1. The van der Waals surface area contributed by atoms with Crippen molar-refractivity contribution in [3.05, 3.63) is 29.8 Å². The minimum atomic E-state index is -0.981. The van der Waals surface area contributed by atoms with E-state index in [0.29, 0.717) is 12.4 Å². The van der Waals surface area contributed by atoms with E-state index in [9.17, 15) is 4.79 Å². The number of benzene rings is 1. The second kappa shape index (κ2) is 6.85. The van der Waals surface area contributed by atoms with Crippen LogP contribution in [0, 0.1) is 0 Å². The number of unbranched alkanes of at least 4 members (excludes halogenated alkanes) is 2. The second-order valence-electron chi connectivity index (χ2n) is 3.43. The van der Waals surface area contributed by atoms with E-state index in [2.05, 4.69) is 0 Å². The van der Waals surface area contributed by atoms with Crippen LogP contribution in [0.1, 0.15) is 29.6 Å². The Balaban J connectivity index is 2.44. The monoisotopic (exact) mass is 224 g/mol. The van der Waals surface area contributed by atoms with Crippen molar-refractivity contribution in [1.82, 2.24) is 0 Å². The minimum absolute atomic E-state index is 0.185. The molecule has 0 saturated heterocycles. The summed E-state index contributed by atoms with van der Waals surface area (Å²) < 4.78 is 5.38. The van der Waals surface area contributed by atoms with Gasteiger partial charge < -0.3 is 14.9 Å². The molecule has 1 rings (SSSR count). The highest BCUT2D eigenvalue weighted by Gasteiger charge is 2.09. The third kappa shape index (κ3) is 3.90. The Bertz CT molecular complexity index is 336. The molecule has 0 unspecified atom stereocenters. The molecular formula is C12H16O4. The van der Waals surface area contributed by atoms with Gasteiger partial charge in [0.2, 0.25) is 0 Å². The van der Waals surface area contributed by atoms with Crippen molar-refractivity contribution in [3.8, 4) is 5.75 Å². The Kier molecular flexibility index (Phi) is 5.36. The number of hydrogen-bond donors (Lipinski definition) is 2. The topological polar surface area (TPSA) is 66.8 Å². The highest BCUT2D eigenvalue weighted by molar-refractivity contribution is 5.90. The Morgan fingerprint density at radius 1 is 1.19 bits per heavy atom. The lowest BCUT2D eigenvalue weighted by atomic mass is 10.2. The molecule has 0 amide bonds. The predicted molar refractivity (Wildman–Crippen MR) is 59.8 cm³/mol. The number of aliphatic hydroxyl groups excluding tert-OH is 1. The fraction of sp³-hybridized carbons (Fsp3) is 0.417. The number of aliphatic hydroxyl groups is 1. The highest BCUT2D eigenvalue weighted by atomic mass is 16.5. The van der Waals surface area contributed by atoms with Crippen LogP contribution < -0.4 is 4.74 Å². The first-order valence-electron chi connectivity index (χ1n) is 5.31. The van der Waals surface area contributed by atoms with Gasteiger partial charge in [-0.15, -0.1) is 0 Å². The summed E-state index contributed by atoms with van der Waals surface area (Å²) in [6, 6.07) is 6.58. The Morgan fingerprint density at radius 2 is 1.94 bits per heavy atom. The van der Waals surface area contributed by atoms with E-state index in [4.69, 9.17) is 14.9 Å². The molecule has 0 aliphatic heterocycles. The van der Waals surface area contributed by atoms with Crippen molar-refractivity contribution in [2.45, 2.75) is 19.3 Å². The van der Waals surface area contributed by atoms with Crippen LogP contribution in [0.3, 0.4) is 0 Å². The molecule has 0 saturated carbocycles. The SMILES string of the molecule is O=C(O)c1ccccc1OCCCCCO. The van der Waals surface area contributed by atoms with Gasteiger partial charge in [-0.1, -0.05) is 12.1 Å². The standard InChI is InChI=1S/C12H16O4/c13-8-4-1-5-9-16-11-7-3-2-6-10(11)12(14)15/h2-3,6-7,13H,1,4-5,8-9H2,(H,14,15). The van der Waals surface area contributed by atoms with Gasteiger partial charge in [0, 0.05) is 6.61 Å². The van der Waals surface area contributed by atoms with E-state index in [1.54, 1.807) is 18.2 Å². The molecule has 1 aromatic rings. The maximum atomic E-state index is 10.8. The highest BCUT2D eigenvalue weighted by Crippen LogP contribution is 2.18. The molecule has 0 aliphatic carbocycles. The fourth-order valence-corrected chi connectivity index (χ4v) is 1.34. The van der Waals surface area contributed by atoms with Crippen molar-refractivity contribution in [3.63, 3.8) is 0 Å². The molecule has 88 valence electrons. The summed E-state index contributed by atoms with van der Waals surface area (Å²) in [6.45, 7) is 0.663. The van der Waals surface area contributed by atoms with Crippen LogP contribution in [-0.2, 0) is 0 Å². The number of carboxylic acids is 1. The van der Waals surface area contributed by atoms with Crippen LogP contribution in [0.4, 0.5) is 0 Å². The molecule has 2 N–H and O–H groups in total. The summed E-state index contributed by atoms with van der Waals surface area (Å²) in [6.07, 6.45) is 2.45. The Labute approximate surface area is 94.5 Å². The van der Waals surface area contributed by atoms with E-state index in [1.165, 1.54) is 6.07 Å². The van der Waals surface area contributed by atoms with Crippen molar-refractivity contribution < 1.29 is 19.7 Å². The third-order valence-corrected chi connectivity index (χ3v) is 2.18.